The summed E-state index contributed by atoms with van der Waals surface area (Å²) in [7, 11) is 0. The van der Waals surface area contributed by atoms with E-state index in [9.17, 15) is 4.79 Å². The maximum atomic E-state index is 11.0. The Kier molecular flexibility index (Phi) is 6.25. The first kappa shape index (κ1) is 14.5. The summed E-state index contributed by atoms with van der Waals surface area (Å²) in [5, 5.41) is 3.27. The minimum atomic E-state index is -0.213. The van der Waals surface area contributed by atoms with Crippen LogP contribution in [0.2, 0.25) is 0 Å². The summed E-state index contributed by atoms with van der Waals surface area (Å²) in [6.07, 6.45) is 4.40. The Morgan fingerprint density at radius 1 is 1.67 bits per heavy atom. The van der Waals surface area contributed by atoms with Gasteiger partial charge in [-0.2, -0.15) is 0 Å². The topological polar surface area (TPSA) is 70.7 Å². The molecule has 1 fully saturated rings. The third-order valence-electron chi connectivity index (χ3n) is 3.01. The van der Waals surface area contributed by atoms with Crippen LogP contribution >= 0.6 is 0 Å². The smallest absolute Gasteiger partial charge is 0.217 e. The summed E-state index contributed by atoms with van der Waals surface area (Å²) in [4.78, 5) is 17.7. The van der Waals surface area contributed by atoms with Gasteiger partial charge in [-0.3, -0.25) is 4.79 Å². The molecule has 1 amide bonds. The molecule has 0 aliphatic carbocycles. The van der Waals surface area contributed by atoms with Crippen LogP contribution in [0.25, 0.3) is 0 Å². The summed E-state index contributed by atoms with van der Waals surface area (Å²) in [5.41, 5.74) is 5.27. The number of aliphatic imine (C=N–C) groups is 1. The summed E-state index contributed by atoms with van der Waals surface area (Å²) < 4.78 is 0. The molecule has 1 heterocycles. The molecule has 5 heteroatoms. The first-order chi connectivity index (χ1) is 8.67. The van der Waals surface area contributed by atoms with E-state index in [0.29, 0.717) is 18.9 Å². The maximum Gasteiger partial charge on any atom is 0.217 e. The second-order valence-corrected chi connectivity index (χ2v) is 4.61. The van der Waals surface area contributed by atoms with Gasteiger partial charge in [0.1, 0.15) is 0 Å². The number of hydrogen-bond acceptors (Lipinski definition) is 2. The minimum absolute atomic E-state index is 0.213. The average Bonchev–Trinajstić information content (AvgIpc) is 2.34. The summed E-state index contributed by atoms with van der Waals surface area (Å²) in [6, 6.07) is 0. The van der Waals surface area contributed by atoms with Gasteiger partial charge in [-0.15, -0.1) is 6.58 Å². The molecule has 102 valence electrons. The number of piperidine rings is 1. The third-order valence-corrected chi connectivity index (χ3v) is 3.01. The fourth-order valence-electron chi connectivity index (χ4n) is 2.29. The molecule has 18 heavy (non-hydrogen) atoms. The molecule has 3 N–H and O–H groups in total. The van der Waals surface area contributed by atoms with Crippen molar-refractivity contribution < 1.29 is 4.79 Å². The molecule has 0 aromatic carbocycles. The van der Waals surface area contributed by atoms with Crippen LogP contribution in [-0.2, 0) is 4.79 Å². The van der Waals surface area contributed by atoms with Crippen molar-refractivity contribution in [2.24, 2.45) is 16.6 Å². The quantitative estimate of drug-likeness (QED) is 0.430. The highest BCUT2D eigenvalue weighted by Gasteiger charge is 2.23. The molecule has 1 atom stereocenters. The van der Waals surface area contributed by atoms with Crippen molar-refractivity contribution in [3.05, 3.63) is 12.7 Å². The molecular weight excluding hydrogens is 228 g/mol. The highest BCUT2D eigenvalue weighted by atomic mass is 16.1. The number of primary amides is 1. The van der Waals surface area contributed by atoms with Crippen LogP contribution < -0.4 is 11.1 Å². The molecule has 1 saturated heterocycles. The van der Waals surface area contributed by atoms with E-state index in [-0.39, 0.29) is 5.91 Å². The van der Waals surface area contributed by atoms with E-state index in [1.165, 1.54) is 0 Å². The molecule has 0 bridgehead atoms. The van der Waals surface area contributed by atoms with Crippen molar-refractivity contribution >= 4 is 11.9 Å². The highest BCUT2D eigenvalue weighted by molar-refractivity contribution is 5.80. The maximum absolute atomic E-state index is 11.0. The van der Waals surface area contributed by atoms with E-state index < -0.39 is 0 Å². The molecule has 1 aliphatic heterocycles. The second-order valence-electron chi connectivity index (χ2n) is 4.61. The number of amides is 1. The molecule has 0 spiro atoms. The third kappa shape index (κ3) is 4.77. The van der Waals surface area contributed by atoms with Crippen molar-refractivity contribution in [3.8, 4) is 0 Å². The van der Waals surface area contributed by atoms with Gasteiger partial charge in [-0.1, -0.05) is 6.08 Å². The largest absolute Gasteiger partial charge is 0.370 e. The highest BCUT2D eigenvalue weighted by Crippen LogP contribution is 2.19. The Morgan fingerprint density at radius 3 is 3.06 bits per heavy atom. The lowest BCUT2D eigenvalue weighted by Crippen LogP contribution is -2.47. The Balaban J connectivity index is 2.61. The van der Waals surface area contributed by atoms with E-state index in [0.717, 1.165) is 38.4 Å². The standard InChI is InChI=1S/C13H24N4O/c1-3-7-16-13(15-4-2)17-8-5-6-11(10-17)9-12(14)18/h3,11H,1,4-10H2,2H3,(H2,14,18)(H,15,16). The van der Waals surface area contributed by atoms with Gasteiger partial charge in [-0.25, -0.2) is 4.99 Å². The molecule has 0 aromatic rings. The minimum Gasteiger partial charge on any atom is -0.370 e. The molecular formula is C13H24N4O. The van der Waals surface area contributed by atoms with Gasteiger partial charge in [0, 0.05) is 26.1 Å². The van der Waals surface area contributed by atoms with Crippen LogP contribution in [0.4, 0.5) is 0 Å². The number of carbonyl (C=O) groups is 1. The number of guanidine groups is 1. The van der Waals surface area contributed by atoms with Gasteiger partial charge in [0.25, 0.3) is 0 Å². The van der Waals surface area contributed by atoms with Crippen molar-refractivity contribution in [2.45, 2.75) is 26.2 Å². The van der Waals surface area contributed by atoms with E-state index >= 15 is 0 Å². The Bertz CT molecular complexity index is 314. The van der Waals surface area contributed by atoms with E-state index in [1.54, 1.807) is 6.08 Å². The van der Waals surface area contributed by atoms with Gasteiger partial charge < -0.3 is 16.0 Å². The van der Waals surface area contributed by atoms with Crippen molar-refractivity contribution in [1.29, 1.82) is 0 Å². The van der Waals surface area contributed by atoms with Crippen LogP contribution in [0, 0.1) is 5.92 Å². The number of likely N-dealkylation sites (tertiary alicyclic amines) is 1. The Hall–Kier alpha value is -1.52. The second kappa shape index (κ2) is 7.74. The van der Waals surface area contributed by atoms with Crippen molar-refractivity contribution in [3.63, 3.8) is 0 Å². The van der Waals surface area contributed by atoms with Crippen LogP contribution in [-0.4, -0.2) is 42.9 Å². The van der Waals surface area contributed by atoms with Gasteiger partial charge in [0.2, 0.25) is 5.91 Å². The van der Waals surface area contributed by atoms with Gasteiger partial charge in [0.15, 0.2) is 5.96 Å². The van der Waals surface area contributed by atoms with Gasteiger partial charge in [0.05, 0.1) is 6.54 Å². The van der Waals surface area contributed by atoms with Crippen LogP contribution in [0.3, 0.4) is 0 Å². The predicted octanol–water partition coefficient (Wildman–Crippen LogP) is 0.725. The molecule has 1 aliphatic rings. The lowest BCUT2D eigenvalue weighted by molar-refractivity contribution is -0.119. The van der Waals surface area contributed by atoms with E-state index in [4.69, 9.17) is 5.73 Å². The van der Waals surface area contributed by atoms with Crippen LogP contribution in [0.5, 0.6) is 0 Å². The molecule has 1 rings (SSSR count). The van der Waals surface area contributed by atoms with Gasteiger partial charge in [-0.05, 0) is 25.7 Å². The summed E-state index contributed by atoms with van der Waals surface area (Å²) >= 11 is 0. The van der Waals surface area contributed by atoms with E-state index in [1.807, 2.05) is 6.92 Å². The average molecular weight is 252 g/mol. The number of rotatable bonds is 5. The summed E-state index contributed by atoms with van der Waals surface area (Å²) in [5.74, 6) is 1.05. The Morgan fingerprint density at radius 2 is 2.44 bits per heavy atom. The zero-order chi connectivity index (χ0) is 13.4. The summed E-state index contributed by atoms with van der Waals surface area (Å²) in [6.45, 7) is 9.02. The first-order valence-corrected chi connectivity index (χ1v) is 6.59. The number of carbonyl (C=O) groups excluding carboxylic acids is 1. The number of nitrogens with two attached hydrogens (primary N) is 1. The van der Waals surface area contributed by atoms with Crippen molar-refractivity contribution in [2.75, 3.05) is 26.2 Å². The molecule has 0 saturated carbocycles. The fourth-order valence-corrected chi connectivity index (χ4v) is 2.29. The van der Waals surface area contributed by atoms with Crippen LogP contribution in [0.15, 0.2) is 17.6 Å². The number of nitrogens with one attached hydrogen (secondary N) is 1. The van der Waals surface area contributed by atoms with Crippen LogP contribution in [0.1, 0.15) is 26.2 Å². The van der Waals surface area contributed by atoms with E-state index in [2.05, 4.69) is 21.8 Å². The zero-order valence-electron chi connectivity index (χ0n) is 11.2. The SMILES string of the molecule is C=CCN=C(NCC)N1CCCC(CC(N)=O)C1. The first-order valence-electron chi connectivity index (χ1n) is 6.59. The zero-order valence-corrected chi connectivity index (χ0v) is 11.2. The number of nitrogens with zero attached hydrogens (tertiary/aromatic N) is 2. The molecule has 0 radical (unpaired) electrons. The van der Waals surface area contributed by atoms with Gasteiger partial charge >= 0.3 is 0 Å². The normalized spacial score (nSPS) is 20.6. The van der Waals surface area contributed by atoms with Crippen molar-refractivity contribution in [1.82, 2.24) is 10.2 Å². The molecule has 1 unspecified atom stereocenters. The molecule has 0 aromatic heterocycles. The lowest BCUT2D eigenvalue weighted by atomic mass is 9.95. The predicted molar refractivity (Wildman–Crippen MR) is 74.3 cm³/mol. The monoisotopic (exact) mass is 252 g/mol. The molecule has 5 nitrogen and oxygen atoms in total. The number of hydrogen-bond donors (Lipinski definition) is 2. The fraction of sp³-hybridized carbons (Fsp3) is 0.692. The lowest BCUT2D eigenvalue weighted by Gasteiger charge is -2.34. The Labute approximate surface area is 109 Å².